The van der Waals surface area contributed by atoms with Crippen molar-refractivity contribution in [1.82, 2.24) is 0 Å². The molecule has 0 radical (unpaired) electrons. The van der Waals surface area contributed by atoms with Gasteiger partial charge < -0.3 is 10.1 Å². The lowest BCUT2D eigenvalue weighted by atomic mass is 10.1. The van der Waals surface area contributed by atoms with Crippen molar-refractivity contribution in [3.63, 3.8) is 0 Å². The maximum Gasteiger partial charge on any atom is 0.337 e. The highest BCUT2D eigenvalue weighted by molar-refractivity contribution is 6.05. The van der Waals surface area contributed by atoms with Crippen molar-refractivity contribution in [2.24, 2.45) is 0 Å². The van der Waals surface area contributed by atoms with Crippen LogP contribution >= 0.6 is 0 Å². The third-order valence-corrected chi connectivity index (χ3v) is 3.03. The minimum Gasteiger partial charge on any atom is -0.465 e. The Labute approximate surface area is 121 Å². The molecule has 0 bridgehead atoms. The lowest BCUT2D eigenvalue weighted by Gasteiger charge is -2.10. The Kier molecular flexibility index (Phi) is 4.33. The van der Waals surface area contributed by atoms with E-state index >= 15 is 0 Å². The molecule has 0 fully saturated rings. The highest BCUT2D eigenvalue weighted by atomic mass is 19.1. The van der Waals surface area contributed by atoms with Gasteiger partial charge in [-0.2, -0.15) is 0 Å². The predicted octanol–water partition coefficient (Wildman–Crippen LogP) is 3.17. The second-order valence-corrected chi connectivity index (χ2v) is 4.46. The number of anilines is 1. The molecule has 0 unspecified atom stereocenters. The van der Waals surface area contributed by atoms with Crippen LogP contribution in [0.15, 0.2) is 42.5 Å². The molecule has 0 heterocycles. The van der Waals surface area contributed by atoms with Gasteiger partial charge in [0.15, 0.2) is 0 Å². The summed E-state index contributed by atoms with van der Waals surface area (Å²) < 4.78 is 18.2. The largest absolute Gasteiger partial charge is 0.465 e. The molecule has 4 nitrogen and oxygen atoms in total. The number of esters is 1. The van der Waals surface area contributed by atoms with Gasteiger partial charge >= 0.3 is 5.97 Å². The Hall–Kier alpha value is -2.69. The second-order valence-electron chi connectivity index (χ2n) is 4.46. The Morgan fingerprint density at radius 3 is 2.52 bits per heavy atom. The molecule has 0 aliphatic carbocycles. The average molecular weight is 287 g/mol. The van der Waals surface area contributed by atoms with E-state index in [1.54, 1.807) is 25.1 Å². The lowest BCUT2D eigenvalue weighted by Crippen LogP contribution is -2.15. The van der Waals surface area contributed by atoms with E-state index in [1.807, 2.05) is 0 Å². The zero-order chi connectivity index (χ0) is 15.4. The summed E-state index contributed by atoms with van der Waals surface area (Å²) in [6, 6.07) is 10.5. The van der Waals surface area contributed by atoms with Crippen LogP contribution in [0.4, 0.5) is 10.1 Å². The first-order valence-corrected chi connectivity index (χ1v) is 6.27. The Morgan fingerprint density at radius 1 is 1.14 bits per heavy atom. The molecule has 0 atom stereocenters. The number of carbonyl (C=O) groups excluding carboxylic acids is 2. The topological polar surface area (TPSA) is 55.4 Å². The van der Waals surface area contributed by atoms with Crippen LogP contribution in [0.3, 0.4) is 0 Å². The van der Waals surface area contributed by atoms with Gasteiger partial charge in [-0.05, 0) is 36.8 Å². The maximum absolute atomic E-state index is 13.6. The van der Waals surface area contributed by atoms with Gasteiger partial charge in [0.1, 0.15) is 5.82 Å². The van der Waals surface area contributed by atoms with Crippen LogP contribution in [0.5, 0.6) is 0 Å². The standard InChI is InChI=1S/C16H14FNO3/c1-10-7-8-11(16(20)21-2)9-14(10)18-15(19)12-5-3-4-6-13(12)17/h3-9H,1-2H3,(H,18,19). The van der Waals surface area contributed by atoms with E-state index in [1.165, 1.54) is 31.4 Å². The molecule has 0 saturated heterocycles. The number of hydrogen-bond donors (Lipinski definition) is 1. The van der Waals surface area contributed by atoms with E-state index in [2.05, 4.69) is 10.1 Å². The Bertz CT molecular complexity index is 698. The molecule has 21 heavy (non-hydrogen) atoms. The van der Waals surface area contributed by atoms with Crippen molar-refractivity contribution in [3.05, 3.63) is 65.0 Å². The highest BCUT2D eigenvalue weighted by Crippen LogP contribution is 2.19. The highest BCUT2D eigenvalue weighted by Gasteiger charge is 2.14. The van der Waals surface area contributed by atoms with Crippen LogP contribution in [0, 0.1) is 12.7 Å². The number of amides is 1. The summed E-state index contributed by atoms with van der Waals surface area (Å²) in [5.74, 6) is -1.67. The maximum atomic E-state index is 13.6. The van der Waals surface area contributed by atoms with E-state index in [0.717, 1.165) is 5.56 Å². The smallest absolute Gasteiger partial charge is 0.337 e. The van der Waals surface area contributed by atoms with Crippen LogP contribution < -0.4 is 5.32 Å². The van der Waals surface area contributed by atoms with E-state index < -0.39 is 17.7 Å². The van der Waals surface area contributed by atoms with Crippen molar-refractivity contribution >= 4 is 17.6 Å². The molecule has 2 rings (SSSR count). The molecule has 108 valence electrons. The number of nitrogens with one attached hydrogen (secondary N) is 1. The first-order chi connectivity index (χ1) is 10.0. The van der Waals surface area contributed by atoms with Gasteiger partial charge in [0.25, 0.3) is 5.91 Å². The molecular formula is C16H14FNO3. The fraction of sp³-hybridized carbons (Fsp3) is 0.125. The number of halogens is 1. The molecule has 0 aromatic heterocycles. The van der Waals surface area contributed by atoms with Gasteiger partial charge in [-0.1, -0.05) is 18.2 Å². The molecule has 0 aliphatic heterocycles. The average Bonchev–Trinajstić information content (AvgIpc) is 2.49. The summed E-state index contributed by atoms with van der Waals surface area (Å²) >= 11 is 0. The first kappa shape index (κ1) is 14.7. The summed E-state index contributed by atoms with van der Waals surface area (Å²) in [6.45, 7) is 1.78. The number of ether oxygens (including phenoxy) is 1. The lowest BCUT2D eigenvalue weighted by molar-refractivity contribution is 0.0600. The van der Waals surface area contributed by atoms with E-state index in [9.17, 15) is 14.0 Å². The molecule has 2 aromatic carbocycles. The zero-order valence-corrected chi connectivity index (χ0v) is 11.6. The number of carbonyl (C=O) groups is 2. The summed E-state index contributed by atoms with van der Waals surface area (Å²) in [6.07, 6.45) is 0. The molecule has 2 aromatic rings. The SMILES string of the molecule is COC(=O)c1ccc(C)c(NC(=O)c2ccccc2F)c1. The van der Waals surface area contributed by atoms with Gasteiger partial charge in [-0.15, -0.1) is 0 Å². The van der Waals surface area contributed by atoms with Crippen LogP contribution in [0.25, 0.3) is 0 Å². The van der Waals surface area contributed by atoms with E-state index in [-0.39, 0.29) is 5.56 Å². The molecule has 1 amide bonds. The first-order valence-electron chi connectivity index (χ1n) is 6.27. The van der Waals surface area contributed by atoms with Crippen LogP contribution in [0.2, 0.25) is 0 Å². The second kappa shape index (κ2) is 6.17. The Balaban J connectivity index is 2.29. The van der Waals surface area contributed by atoms with E-state index in [0.29, 0.717) is 11.3 Å². The monoisotopic (exact) mass is 287 g/mol. The summed E-state index contributed by atoms with van der Waals surface area (Å²) in [4.78, 5) is 23.6. The van der Waals surface area contributed by atoms with Crippen LogP contribution in [0.1, 0.15) is 26.3 Å². The van der Waals surface area contributed by atoms with Gasteiger partial charge in [-0.25, -0.2) is 9.18 Å². The van der Waals surface area contributed by atoms with Gasteiger partial charge in [0, 0.05) is 5.69 Å². The van der Waals surface area contributed by atoms with Crippen molar-refractivity contribution < 1.29 is 18.7 Å². The van der Waals surface area contributed by atoms with Crippen molar-refractivity contribution in [3.8, 4) is 0 Å². The number of rotatable bonds is 3. The van der Waals surface area contributed by atoms with Gasteiger partial charge in [0.2, 0.25) is 0 Å². The predicted molar refractivity (Wildman–Crippen MR) is 76.9 cm³/mol. The summed E-state index contributed by atoms with van der Waals surface area (Å²) in [5.41, 5.74) is 1.45. The Morgan fingerprint density at radius 2 is 1.86 bits per heavy atom. The quantitative estimate of drug-likeness (QED) is 0.882. The molecular weight excluding hydrogens is 273 g/mol. The van der Waals surface area contributed by atoms with Gasteiger partial charge in [-0.3, -0.25) is 4.79 Å². The van der Waals surface area contributed by atoms with Crippen LogP contribution in [-0.2, 0) is 4.74 Å². The minimum absolute atomic E-state index is 0.0552. The van der Waals surface area contributed by atoms with Crippen molar-refractivity contribution in [2.75, 3.05) is 12.4 Å². The third-order valence-electron chi connectivity index (χ3n) is 3.03. The zero-order valence-electron chi connectivity index (χ0n) is 11.6. The van der Waals surface area contributed by atoms with Gasteiger partial charge in [0.05, 0.1) is 18.2 Å². The summed E-state index contributed by atoms with van der Waals surface area (Å²) in [7, 11) is 1.28. The minimum atomic E-state index is -0.600. The van der Waals surface area contributed by atoms with Crippen LogP contribution in [-0.4, -0.2) is 19.0 Å². The molecule has 0 saturated carbocycles. The van der Waals surface area contributed by atoms with Crippen molar-refractivity contribution in [1.29, 1.82) is 0 Å². The molecule has 0 spiro atoms. The molecule has 1 N–H and O–H groups in total. The number of methoxy groups -OCH3 is 1. The van der Waals surface area contributed by atoms with E-state index in [4.69, 9.17) is 0 Å². The van der Waals surface area contributed by atoms with Crippen molar-refractivity contribution in [2.45, 2.75) is 6.92 Å². The number of hydrogen-bond acceptors (Lipinski definition) is 3. The number of benzene rings is 2. The normalized spacial score (nSPS) is 10.0. The molecule has 0 aliphatic rings. The fourth-order valence-electron chi connectivity index (χ4n) is 1.84. The molecule has 5 heteroatoms. The fourth-order valence-corrected chi connectivity index (χ4v) is 1.84. The summed E-state index contributed by atoms with van der Waals surface area (Å²) in [5, 5.41) is 2.60. The number of aryl methyl sites for hydroxylation is 1. The third kappa shape index (κ3) is 3.25.